The summed E-state index contributed by atoms with van der Waals surface area (Å²) < 4.78 is 1.02. The fraction of sp³-hybridized carbons (Fsp3) is 0.0769. The Kier molecular flexibility index (Phi) is 5.65. The lowest BCUT2D eigenvalue weighted by Crippen LogP contribution is -2.10. The standard InChI is InChI=1S/C13H12BrNO.ClH/c14-12-8-4-7-11(9-12)13(16-15)10-5-2-1-3-6-10;/h1-9,13H,15H2;1H. The van der Waals surface area contributed by atoms with Gasteiger partial charge in [0.1, 0.15) is 6.10 Å². The molecule has 0 aliphatic rings. The predicted molar refractivity (Wildman–Crippen MR) is 74.9 cm³/mol. The molecule has 1 atom stereocenters. The van der Waals surface area contributed by atoms with Crippen LogP contribution in [-0.4, -0.2) is 0 Å². The van der Waals surface area contributed by atoms with Crippen molar-refractivity contribution in [2.24, 2.45) is 5.90 Å². The first-order valence-corrected chi connectivity index (χ1v) is 5.76. The third-order valence-electron chi connectivity index (χ3n) is 2.39. The molecule has 4 heteroatoms. The molecule has 2 aromatic carbocycles. The highest BCUT2D eigenvalue weighted by Crippen LogP contribution is 2.26. The average Bonchev–Trinajstić information content (AvgIpc) is 2.31. The predicted octanol–water partition coefficient (Wildman–Crippen LogP) is 3.85. The van der Waals surface area contributed by atoms with Crippen molar-refractivity contribution in [2.75, 3.05) is 0 Å². The monoisotopic (exact) mass is 313 g/mol. The molecule has 0 fully saturated rings. The molecule has 0 spiro atoms. The van der Waals surface area contributed by atoms with Gasteiger partial charge >= 0.3 is 0 Å². The van der Waals surface area contributed by atoms with Gasteiger partial charge in [0, 0.05) is 4.47 Å². The van der Waals surface area contributed by atoms with Crippen molar-refractivity contribution in [1.29, 1.82) is 0 Å². The normalized spacial score (nSPS) is 11.6. The minimum absolute atomic E-state index is 0. The van der Waals surface area contributed by atoms with Crippen molar-refractivity contribution >= 4 is 28.3 Å². The second kappa shape index (κ2) is 6.77. The fourth-order valence-corrected chi connectivity index (χ4v) is 2.06. The fourth-order valence-electron chi connectivity index (χ4n) is 1.65. The molecule has 0 amide bonds. The zero-order valence-corrected chi connectivity index (χ0v) is 11.4. The van der Waals surface area contributed by atoms with E-state index >= 15 is 0 Å². The van der Waals surface area contributed by atoms with Crippen LogP contribution in [0.3, 0.4) is 0 Å². The number of hydrogen-bond acceptors (Lipinski definition) is 2. The summed E-state index contributed by atoms with van der Waals surface area (Å²) in [7, 11) is 0. The lowest BCUT2D eigenvalue weighted by molar-refractivity contribution is 0.0813. The Labute approximate surface area is 115 Å². The van der Waals surface area contributed by atoms with Gasteiger partial charge in [-0.2, -0.15) is 0 Å². The molecule has 0 aliphatic carbocycles. The first-order valence-electron chi connectivity index (χ1n) is 4.97. The molecule has 0 aromatic heterocycles. The van der Waals surface area contributed by atoms with Crippen molar-refractivity contribution in [3.05, 3.63) is 70.2 Å². The molecular formula is C13H13BrClNO. The van der Waals surface area contributed by atoms with Crippen LogP contribution in [-0.2, 0) is 4.84 Å². The molecule has 90 valence electrons. The summed E-state index contributed by atoms with van der Waals surface area (Å²) in [5, 5.41) is 0. The van der Waals surface area contributed by atoms with Crippen LogP contribution in [0.4, 0.5) is 0 Å². The van der Waals surface area contributed by atoms with Gasteiger partial charge in [0.2, 0.25) is 0 Å². The summed E-state index contributed by atoms with van der Waals surface area (Å²) >= 11 is 3.44. The smallest absolute Gasteiger partial charge is 0.129 e. The largest absolute Gasteiger partial charge is 0.292 e. The van der Waals surface area contributed by atoms with E-state index in [2.05, 4.69) is 15.9 Å². The molecule has 0 bridgehead atoms. The van der Waals surface area contributed by atoms with Gasteiger partial charge in [-0.15, -0.1) is 12.4 Å². The Morgan fingerprint density at radius 2 is 1.59 bits per heavy atom. The van der Waals surface area contributed by atoms with Gasteiger partial charge in [-0.05, 0) is 23.3 Å². The molecule has 0 saturated heterocycles. The quantitative estimate of drug-likeness (QED) is 0.873. The van der Waals surface area contributed by atoms with Crippen molar-refractivity contribution < 1.29 is 4.84 Å². The van der Waals surface area contributed by atoms with Crippen LogP contribution in [0.2, 0.25) is 0 Å². The highest BCUT2D eigenvalue weighted by molar-refractivity contribution is 9.10. The van der Waals surface area contributed by atoms with E-state index in [4.69, 9.17) is 10.7 Å². The first-order chi connectivity index (χ1) is 7.81. The number of benzene rings is 2. The molecule has 0 aliphatic heterocycles. The summed E-state index contributed by atoms with van der Waals surface area (Å²) in [6.45, 7) is 0. The zero-order chi connectivity index (χ0) is 11.4. The minimum atomic E-state index is -0.223. The molecule has 2 nitrogen and oxygen atoms in total. The Morgan fingerprint density at radius 3 is 2.18 bits per heavy atom. The molecule has 2 rings (SSSR count). The molecule has 17 heavy (non-hydrogen) atoms. The van der Waals surface area contributed by atoms with Crippen molar-refractivity contribution in [3.63, 3.8) is 0 Å². The van der Waals surface area contributed by atoms with Crippen LogP contribution in [0.1, 0.15) is 17.2 Å². The zero-order valence-electron chi connectivity index (χ0n) is 9.05. The maximum absolute atomic E-state index is 5.37. The van der Waals surface area contributed by atoms with Crippen LogP contribution >= 0.6 is 28.3 Å². The van der Waals surface area contributed by atoms with Crippen LogP contribution in [0, 0.1) is 0 Å². The number of nitrogens with two attached hydrogens (primary N) is 1. The highest BCUT2D eigenvalue weighted by atomic mass is 79.9. The highest BCUT2D eigenvalue weighted by Gasteiger charge is 2.13. The second-order valence-corrected chi connectivity index (χ2v) is 4.40. The number of halogens is 2. The van der Waals surface area contributed by atoms with E-state index in [1.165, 1.54) is 0 Å². The second-order valence-electron chi connectivity index (χ2n) is 3.48. The summed E-state index contributed by atoms with van der Waals surface area (Å²) in [4.78, 5) is 5.06. The average molecular weight is 315 g/mol. The summed E-state index contributed by atoms with van der Waals surface area (Å²) in [6, 6.07) is 17.9. The Hall–Kier alpha value is -0.870. The van der Waals surface area contributed by atoms with Gasteiger partial charge in [0.05, 0.1) is 0 Å². The first kappa shape index (κ1) is 14.2. The van der Waals surface area contributed by atoms with E-state index in [-0.39, 0.29) is 18.5 Å². The Balaban J connectivity index is 0.00000144. The van der Waals surface area contributed by atoms with Crippen molar-refractivity contribution in [1.82, 2.24) is 0 Å². The lowest BCUT2D eigenvalue weighted by atomic mass is 10.0. The molecular weight excluding hydrogens is 302 g/mol. The molecule has 0 heterocycles. The lowest BCUT2D eigenvalue weighted by Gasteiger charge is -2.15. The maximum Gasteiger partial charge on any atom is 0.129 e. The van der Waals surface area contributed by atoms with Gasteiger partial charge in [0.25, 0.3) is 0 Å². The molecule has 0 saturated carbocycles. The summed E-state index contributed by atoms with van der Waals surface area (Å²) in [5.74, 6) is 5.37. The van der Waals surface area contributed by atoms with Gasteiger partial charge in [-0.25, -0.2) is 5.90 Å². The van der Waals surface area contributed by atoms with Gasteiger partial charge in [-0.1, -0.05) is 58.4 Å². The Bertz CT molecular complexity index is 464. The SMILES string of the molecule is Cl.NOC(c1ccccc1)c1cccc(Br)c1. The molecule has 0 radical (unpaired) electrons. The van der Waals surface area contributed by atoms with Gasteiger partial charge in [-0.3, -0.25) is 4.84 Å². The summed E-state index contributed by atoms with van der Waals surface area (Å²) in [6.07, 6.45) is -0.223. The topological polar surface area (TPSA) is 35.2 Å². The van der Waals surface area contributed by atoms with E-state index < -0.39 is 0 Å². The van der Waals surface area contributed by atoms with Crippen molar-refractivity contribution in [2.45, 2.75) is 6.10 Å². The third-order valence-corrected chi connectivity index (χ3v) is 2.88. The molecule has 1 unspecified atom stereocenters. The summed E-state index contributed by atoms with van der Waals surface area (Å²) in [5.41, 5.74) is 2.08. The maximum atomic E-state index is 5.37. The van der Waals surface area contributed by atoms with Crippen LogP contribution < -0.4 is 5.90 Å². The third kappa shape index (κ3) is 3.54. The van der Waals surface area contributed by atoms with Crippen LogP contribution in [0.15, 0.2) is 59.1 Å². The number of hydrogen-bond donors (Lipinski definition) is 1. The van der Waals surface area contributed by atoms with E-state index in [1.54, 1.807) is 0 Å². The van der Waals surface area contributed by atoms with Crippen molar-refractivity contribution in [3.8, 4) is 0 Å². The van der Waals surface area contributed by atoms with Crippen LogP contribution in [0.25, 0.3) is 0 Å². The van der Waals surface area contributed by atoms with E-state index in [0.717, 1.165) is 15.6 Å². The van der Waals surface area contributed by atoms with Crippen LogP contribution in [0.5, 0.6) is 0 Å². The van der Waals surface area contributed by atoms with Gasteiger partial charge in [0.15, 0.2) is 0 Å². The van der Waals surface area contributed by atoms with E-state index in [1.807, 2.05) is 54.6 Å². The molecule has 2 aromatic rings. The van der Waals surface area contributed by atoms with E-state index in [9.17, 15) is 0 Å². The minimum Gasteiger partial charge on any atom is -0.292 e. The Morgan fingerprint density at radius 1 is 0.941 bits per heavy atom. The number of rotatable bonds is 3. The van der Waals surface area contributed by atoms with Gasteiger partial charge < -0.3 is 0 Å². The molecule has 2 N–H and O–H groups in total. The van der Waals surface area contributed by atoms with E-state index in [0.29, 0.717) is 0 Å².